The first kappa shape index (κ1) is 19.1. The molecular formula is C18H15Cl2FN2O2S2. The number of amidine groups is 1. The Balaban J connectivity index is 1.66. The van der Waals surface area contributed by atoms with E-state index in [1.165, 1.54) is 17.8 Å². The number of aliphatic imine (C=N–C) groups is 1. The summed E-state index contributed by atoms with van der Waals surface area (Å²) in [6, 6.07) is 11.0. The fraction of sp³-hybridized carbons (Fsp3) is 0.278. The van der Waals surface area contributed by atoms with Gasteiger partial charge in [-0.3, -0.25) is 4.99 Å². The number of hydrogen-bond acceptors (Lipinski definition) is 5. The van der Waals surface area contributed by atoms with Gasteiger partial charge >= 0.3 is 0 Å². The standard InChI is InChI=1S/C18H15Cl2FN2O2S2/c19-12-5-13(20)7-14(6-12)23-17-10-27(24,25)9-16(17)22-18(23)26-8-11-3-1-2-4-15(11)21/h1-7,16-17H,8-10H2. The molecule has 27 heavy (non-hydrogen) atoms. The average Bonchev–Trinajstić information content (AvgIpc) is 3.04. The first-order valence-corrected chi connectivity index (χ1v) is 11.8. The molecule has 4 rings (SSSR count). The summed E-state index contributed by atoms with van der Waals surface area (Å²) < 4.78 is 38.1. The average molecular weight is 445 g/mol. The van der Waals surface area contributed by atoms with Crippen LogP contribution in [0.15, 0.2) is 47.5 Å². The lowest BCUT2D eigenvalue weighted by Crippen LogP contribution is -2.39. The lowest BCUT2D eigenvalue weighted by atomic mass is 10.1. The second-order valence-corrected chi connectivity index (χ2v) is 10.5. The van der Waals surface area contributed by atoms with Gasteiger partial charge in [-0.05, 0) is 29.8 Å². The third-order valence-electron chi connectivity index (χ3n) is 4.55. The van der Waals surface area contributed by atoms with Crippen LogP contribution in [0.4, 0.5) is 10.1 Å². The Labute approximate surface area is 171 Å². The zero-order chi connectivity index (χ0) is 19.2. The first-order valence-electron chi connectivity index (χ1n) is 8.22. The first-order chi connectivity index (χ1) is 12.8. The summed E-state index contributed by atoms with van der Waals surface area (Å²) >= 11 is 13.7. The number of thioether (sulfide) groups is 1. The summed E-state index contributed by atoms with van der Waals surface area (Å²) in [4.78, 5) is 6.50. The topological polar surface area (TPSA) is 49.7 Å². The van der Waals surface area contributed by atoms with Gasteiger partial charge in [-0.2, -0.15) is 0 Å². The lowest BCUT2D eigenvalue weighted by Gasteiger charge is -2.27. The Morgan fingerprint density at radius 2 is 1.85 bits per heavy atom. The molecule has 2 heterocycles. The molecular weight excluding hydrogens is 430 g/mol. The predicted molar refractivity (Wildman–Crippen MR) is 110 cm³/mol. The van der Waals surface area contributed by atoms with Crippen LogP contribution < -0.4 is 4.90 Å². The molecule has 0 aromatic heterocycles. The molecule has 142 valence electrons. The van der Waals surface area contributed by atoms with E-state index in [0.29, 0.717) is 32.2 Å². The van der Waals surface area contributed by atoms with Crippen molar-refractivity contribution < 1.29 is 12.8 Å². The van der Waals surface area contributed by atoms with E-state index in [1.54, 1.807) is 36.4 Å². The van der Waals surface area contributed by atoms with Gasteiger partial charge in [0, 0.05) is 21.5 Å². The van der Waals surface area contributed by atoms with Gasteiger partial charge in [-0.1, -0.05) is 53.2 Å². The summed E-state index contributed by atoms with van der Waals surface area (Å²) in [5.74, 6) is 0.160. The molecule has 4 nitrogen and oxygen atoms in total. The van der Waals surface area contributed by atoms with Crippen LogP contribution in [0.5, 0.6) is 0 Å². The quantitative estimate of drug-likeness (QED) is 0.703. The maximum Gasteiger partial charge on any atom is 0.164 e. The number of anilines is 1. The molecule has 1 fully saturated rings. The van der Waals surface area contributed by atoms with Crippen molar-refractivity contribution >= 4 is 55.7 Å². The van der Waals surface area contributed by atoms with Crippen LogP contribution in [-0.2, 0) is 15.6 Å². The second kappa shape index (κ2) is 7.28. The van der Waals surface area contributed by atoms with E-state index < -0.39 is 9.84 Å². The highest BCUT2D eigenvalue weighted by Gasteiger charge is 2.47. The Morgan fingerprint density at radius 3 is 2.56 bits per heavy atom. The van der Waals surface area contributed by atoms with Gasteiger partial charge in [0.15, 0.2) is 15.0 Å². The predicted octanol–water partition coefficient (Wildman–Crippen LogP) is 4.41. The minimum atomic E-state index is -3.15. The molecule has 0 aliphatic carbocycles. The minimum Gasteiger partial charge on any atom is -0.315 e. The highest BCUT2D eigenvalue weighted by Crippen LogP contribution is 2.38. The van der Waals surface area contributed by atoms with E-state index in [9.17, 15) is 12.8 Å². The van der Waals surface area contributed by atoms with Crippen LogP contribution in [-0.4, -0.2) is 37.2 Å². The molecule has 9 heteroatoms. The lowest BCUT2D eigenvalue weighted by molar-refractivity contribution is 0.601. The number of nitrogens with zero attached hydrogens (tertiary/aromatic N) is 2. The summed E-state index contributed by atoms with van der Waals surface area (Å²) in [5.41, 5.74) is 1.26. The largest absolute Gasteiger partial charge is 0.315 e. The van der Waals surface area contributed by atoms with E-state index in [4.69, 9.17) is 23.2 Å². The molecule has 2 atom stereocenters. The van der Waals surface area contributed by atoms with E-state index in [-0.39, 0.29) is 29.4 Å². The molecule has 0 amide bonds. The molecule has 0 bridgehead atoms. The maximum absolute atomic E-state index is 13.9. The van der Waals surface area contributed by atoms with Crippen LogP contribution in [0.3, 0.4) is 0 Å². The Bertz CT molecular complexity index is 1010. The number of hydrogen-bond donors (Lipinski definition) is 0. The molecule has 0 spiro atoms. The van der Waals surface area contributed by atoms with Crippen molar-refractivity contribution in [2.45, 2.75) is 17.8 Å². The second-order valence-electron chi connectivity index (χ2n) is 6.50. The van der Waals surface area contributed by atoms with Crippen molar-refractivity contribution in [1.29, 1.82) is 0 Å². The van der Waals surface area contributed by atoms with Crippen molar-refractivity contribution in [2.75, 3.05) is 16.4 Å². The van der Waals surface area contributed by atoms with Gasteiger partial charge in [-0.15, -0.1) is 0 Å². The van der Waals surface area contributed by atoms with Crippen LogP contribution in [0.2, 0.25) is 10.0 Å². The number of rotatable bonds is 3. The van der Waals surface area contributed by atoms with E-state index in [2.05, 4.69) is 4.99 Å². The van der Waals surface area contributed by atoms with Crippen LogP contribution in [0.25, 0.3) is 0 Å². The van der Waals surface area contributed by atoms with E-state index in [0.717, 1.165) is 0 Å². The Hall–Kier alpha value is -1.28. The molecule has 2 unspecified atom stereocenters. The number of sulfone groups is 1. The van der Waals surface area contributed by atoms with Gasteiger partial charge in [0.05, 0.1) is 23.6 Å². The van der Waals surface area contributed by atoms with Gasteiger partial charge in [0.25, 0.3) is 0 Å². The molecule has 2 aliphatic heterocycles. The van der Waals surface area contributed by atoms with Gasteiger partial charge < -0.3 is 4.90 Å². The SMILES string of the molecule is O=S1(=O)CC2N=C(SCc3ccccc3F)N(c3cc(Cl)cc(Cl)c3)C2C1. The smallest absolute Gasteiger partial charge is 0.164 e. The monoisotopic (exact) mass is 444 g/mol. The van der Waals surface area contributed by atoms with Gasteiger partial charge in [0.2, 0.25) is 0 Å². The van der Waals surface area contributed by atoms with Gasteiger partial charge in [-0.25, -0.2) is 12.8 Å². The third-order valence-corrected chi connectivity index (χ3v) is 7.70. The van der Waals surface area contributed by atoms with Crippen LogP contribution in [0, 0.1) is 5.82 Å². The Kier molecular flexibility index (Phi) is 5.14. The van der Waals surface area contributed by atoms with Crippen molar-refractivity contribution in [3.8, 4) is 0 Å². The maximum atomic E-state index is 13.9. The fourth-order valence-electron chi connectivity index (χ4n) is 3.37. The van der Waals surface area contributed by atoms with E-state index >= 15 is 0 Å². The minimum absolute atomic E-state index is 0.0201. The molecule has 0 N–H and O–H groups in total. The summed E-state index contributed by atoms with van der Waals surface area (Å²) in [6.45, 7) is 0. The van der Waals surface area contributed by atoms with E-state index in [1.807, 2.05) is 4.90 Å². The molecule has 2 aromatic rings. The number of halogens is 3. The molecule has 1 saturated heterocycles. The molecule has 2 aromatic carbocycles. The van der Waals surface area contributed by atoms with Crippen molar-refractivity contribution in [2.24, 2.45) is 4.99 Å². The fourth-order valence-corrected chi connectivity index (χ4v) is 6.84. The molecule has 2 aliphatic rings. The normalized spacial score (nSPS) is 23.4. The van der Waals surface area contributed by atoms with Crippen molar-refractivity contribution in [3.63, 3.8) is 0 Å². The zero-order valence-corrected chi connectivity index (χ0v) is 17.1. The van der Waals surface area contributed by atoms with Crippen LogP contribution >= 0.6 is 35.0 Å². The zero-order valence-electron chi connectivity index (χ0n) is 14.0. The van der Waals surface area contributed by atoms with Crippen LogP contribution in [0.1, 0.15) is 5.56 Å². The third kappa shape index (κ3) is 3.97. The highest BCUT2D eigenvalue weighted by atomic mass is 35.5. The van der Waals surface area contributed by atoms with Crippen molar-refractivity contribution in [1.82, 2.24) is 0 Å². The van der Waals surface area contributed by atoms with Gasteiger partial charge in [0.1, 0.15) is 5.82 Å². The number of benzene rings is 2. The molecule has 0 radical (unpaired) electrons. The number of fused-ring (bicyclic) bond motifs is 1. The van der Waals surface area contributed by atoms with Crippen molar-refractivity contribution in [3.05, 3.63) is 63.9 Å². The highest BCUT2D eigenvalue weighted by molar-refractivity contribution is 8.13. The summed E-state index contributed by atoms with van der Waals surface area (Å²) in [7, 11) is -3.15. The summed E-state index contributed by atoms with van der Waals surface area (Å²) in [6.07, 6.45) is 0. The summed E-state index contributed by atoms with van der Waals surface area (Å²) in [5, 5.41) is 1.57. The molecule has 0 saturated carbocycles. The Morgan fingerprint density at radius 1 is 1.15 bits per heavy atom.